The second-order valence-corrected chi connectivity index (χ2v) is 25.3. The summed E-state index contributed by atoms with van der Waals surface area (Å²) in [5, 5.41) is 2.47. The van der Waals surface area contributed by atoms with Gasteiger partial charge in [-0.05, 0) is 120 Å². The van der Waals surface area contributed by atoms with Gasteiger partial charge >= 0.3 is 0 Å². The molecule has 0 fully saturated rings. The molecule has 12 nitrogen and oxygen atoms in total. The molecule has 0 aliphatic carbocycles. The lowest BCUT2D eigenvalue weighted by Crippen LogP contribution is -2.03. The van der Waals surface area contributed by atoms with E-state index in [0.29, 0.717) is 25.7 Å². The van der Waals surface area contributed by atoms with Crippen LogP contribution in [-0.4, -0.2) is 97.9 Å². The fraction of sp³-hybridized carbons (Fsp3) is 0.737. The molecule has 2 rings (SSSR count). The Morgan fingerprint density at radius 2 is 0.569 bits per heavy atom. The van der Waals surface area contributed by atoms with Gasteiger partial charge in [-0.1, -0.05) is 63.5 Å². The van der Waals surface area contributed by atoms with Crippen molar-refractivity contribution in [3.63, 3.8) is 0 Å². The van der Waals surface area contributed by atoms with Crippen molar-refractivity contribution in [2.45, 2.75) is 126 Å². The van der Waals surface area contributed by atoms with Gasteiger partial charge in [-0.25, -0.2) is 0 Å². The Bertz CT molecular complexity index is 1780. The second kappa shape index (κ2) is 29.2. The molecule has 20 heteroatoms. The number of rotatable bonds is 36. The molecule has 58 heavy (non-hydrogen) atoms. The van der Waals surface area contributed by atoms with E-state index in [1.54, 1.807) is 0 Å². The molecule has 2 aromatic carbocycles. The fourth-order valence-corrected chi connectivity index (χ4v) is 12.5. The first-order valence-corrected chi connectivity index (χ1v) is 31.1. The third-order valence-electron chi connectivity index (χ3n) is 9.18. The second-order valence-electron chi connectivity index (χ2n) is 14.6. The van der Waals surface area contributed by atoms with Crippen LogP contribution in [0.1, 0.15) is 125 Å². The number of benzene rings is 2. The summed E-state index contributed by atoms with van der Waals surface area (Å²) in [4.78, 5) is 0. The van der Waals surface area contributed by atoms with Crippen LogP contribution in [-0.2, 0) is 63.5 Å². The molecule has 0 bridgehead atoms. The highest BCUT2D eigenvalue weighted by molar-refractivity contribution is 7.99. The zero-order chi connectivity index (χ0) is 42.9. The normalized spacial score (nSPS) is 12.8. The monoisotopic (exact) mass is 968 g/mol. The van der Waals surface area contributed by atoms with Gasteiger partial charge in [0.1, 0.15) is 0 Å². The van der Waals surface area contributed by atoms with Gasteiger partial charge in [0.25, 0.3) is 40.5 Å². The van der Waals surface area contributed by atoms with Crippen molar-refractivity contribution < 1.29 is 51.9 Å². The van der Waals surface area contributed by atoms with Crippen molar-refractivity contribution >= 4 is 98.3 Å². The lowest BCUT2D eigenvalue weighted by atomic mass is 9.96. The maximum atomic E-state index is 11.0. The van der Waals surface area contributed by atoms with Crippen molar-refractivity contribution in [3.05, 3.63) is 46.5 Å². The molecule has 0 heterocycles. The van der Waals surface area contributed by atoms with Gasteiger partial charge in [-0.15, -0.1) is 0 Å². The van der Waals surface area contributed by atoms with Gasteiger partial charge in [-0.3, -0.25) is 18.2 Å². The topological polar surface area (TPSA) is 217 Å². The Balaban J connectivity index is 2.19. The maximum Gasteiger partial charge on any atom is 0.264 e. The van der Waals surface area contributed by atoms with Crippen LogP contribution >= 0.6 is 47.0 Å². The van der Waals surface area contributed by atoms with Crippen molar-refractivity contribution in [1.82, 2.24) is 0 Å². The number of hydrogen-bond acceptors (Lipinski definition) is 12. The van der Waals surface area contributed by atoms with Crippen LogP contribution in [0.3, 0.4) is 0 Å². The summed E-state index contributed by atoms with van der Waals surface area (Å²) >= 11 is 7.42. The summed E-state index contributed by atoms with van der Waals surface area (Å²) in [6.45, 7) is 0. The van der Waals surface area contributed by atoms with Crippen LogP contribution in [0.2, 0.25) is 0 Å². The van der Waals surface area contributed by atoms with Crippen molar-refractivity contribution in [1.29, 1.82) is 0 Å². The lowest BCUT2D eigenvalue weighted by Gasteiger charge is -2.16. The van der Waals surface area contributed by atoms with E-state index < -0.39 is 40.5 Å². The summed E-state index contributed by atoms with van der Waals surface area (Å²) in [5.41, 5.74) is 5.02. The summed E-state index contributed by atoms with van der Waals surface area (Å²) in [6.07, 6.45) is 12.2. The molecular weight excluding hydrogens is 905 g/mol. The SMILES string of the molecule is O=S(=O)(O)CCCCCCSCc1cc(CSCCCCCCS(=O)(=O)O)c2cc(CSCCCCCCS(=O)(=O)O)cc(CSCCCCCCS(=O)(=O)O)c2c1. The van der Waals surface area contributed by atoms with E-state index in [1.807, 2.05) is 47.0 Å². The van der Waals surface area contributed by atoms with Gasteiger partial charge < -0.3 is 0 Å². The van der Waals surface area contributed by atoms with Crippen LogP contribution in [0.4, 0.5) is 0 Å². The maximum absolute atomic E-state index is 11.0. The number of unbranched alkanes of at least 4 members (excludes halogenated alkanes) is 12. The number of hydrogen-bond donors (Lipinski definition) is 4. The molecule has 0 unspecified atom stereocenters. The van der Waals surface area contributed by atoms with Gasteiger partial charge in [-0.2, -0.15) is 80.7 Å². The van der Waals surface area contributed by atoms with E-state index >= 15 is 0 Å². The molecule has 0 aromatic heterocycles. The zero-order valence-corrected chi connectivity index (χ0v) is 40.0. The largest absolute Gasteiger partial charge is 0.286 e. The minimum Gasteiger partial charge on any atom is -0.286 e. The predicted molar refractivity (Wildman–Crippen MR) is 248 cm³/mol. The summed E-state index contributed by atoms with van der Waals surface area (Å²) in [5.74, 6) is 6.24. The molecule has 4 N–H and O–H groups in total. The van der Waals surface area contributed by atoms with Crippen molar-refractivity contribution in [2.24, 2.45) is 0 Å². The summed E-state index contributed by atoms with van der Waals surface area (Å²) in [7, 11) is -15.7. The fourth-order valence-electron chi connectivity index (χ4n) is 6.26. The number of thioether (sulfide) groups is 4. The van der Waals surface area contributed by atoms with Crippen LogP contribution in [0.25, 0.3) is 10.8 Å². The van der Waals surface area contributed by atoms with Crippen molar-refractivity contribution in [2.75, 3.05) is 46.0 Å². The van der Waals surface area contributed by atoms with E-state index in [0.717, 1.165) is 123 Å². The standard InChI is InChI=1S/C38H64O12S8/c39-55(40,41)21-13-5-1-9-17-51-29-33-25-35(31-53-19-11-3-7-15-23-57(45,46)47)38-28-34(30-52-18-10-2-6-14-22-56(42,43)44)26-36(37(38)27-33)32-54-20-12-4-8-16-24-58(48,49)50/h25-28H,1-24,29-32H2,(H,39,40,41)(H,42,43,44)(H,45,46,47)(H,48,49,50). The first-order valence-electron chi connectivity index (χ1n) is 20.0. The van der Waals surface area contributed by atoms with E-state index in [9.17, 15) is 33.7 Å². The lowest BCUT2D eigenvalue weighted by molar-refractivity contribution is 0.477. The predicted octanol–water partition coefficient (Wildman–Crippen LogP) is 9.57. The minimum absolute atomic E-state index is 0.202. The smallest absolute Gasteiger partial charge is 0.264 e. The van der Waals surface area contributed by atoms with Crippen LogP contribution < -0.4 is 0 Å². The molecule has 0 spiro atoms. The van der Waals surface area contributed by atoms with Gasteiger partial charge in [0.15, 0.2) is 0 Å². The molecule has 0 saturated carbocycles. The summed E-state index contributed by atoms with van der Waals surface area (Å²) in [6, 6.07) is 9.25. The molecule has 2 aromatic rings. The van der Waals surface area contributed by atoms with E-state index in [1.165, 1.54) is 33.0 Å². The first kappa shape index (κ1) is 53.9. The Morgan fingerprint density at radius 1 is 0.328 bits per heavy atom. The zero-order valence-electron chi connectivity index (χ0n) is 33.4. The summed E-state index contributed by atoms with van der Waals surface area (Å²) < 4.78 is 124. The third-order valence-corrected chi connectivity index (χ3v) is 16.8. The Morgan fingerprint density at radius 3 is 0.828 bits per heavy atom. The average Bonchev–Trinajstić information content (AvgIpc) is 3.11. The van der Waals surface area contributed by atoms with Gasteiger partial charge in [0.2, 0.25) is 0 Å². The Labute approximate surface area is 365 Å². The molecule has 0 saturated heterocycles. The number of fused-ring (bicyclic) bond motifs is 1. The average molecular weight is 969 g/mol. The van der Waals surface area contributed by atoms with Gasteiger partial charge in [0, 0.05) is 23.0 Å². The molecule has 0 amide bonds. The molecular formula is C38H64O12S8. The highest BCUT2D eigenvalue weighted by atomic mass is 32.2. The molecule has 0 atom stereocenters. The van der Waals surface area contributed by atoms with Crippen LogP contribution in [0.5, 0.6) is 0 Å². The first-order chi connectivity index (χ1) is 27.3. The molecule has 336 valence electrons. The Hall–Kier alpha value is -0.260. The third kappa shape index (κ3) is 29.1. The van der Waals surface area contributed by atoms with E-state index in [4.69, 9.17) is 18.2 Å². The molecule has 0 radical (unpaired) electrons. The van der Waals surface area contributed by atoms with Crippen LogP contribution in [0, 0.1) is 0 Å². The van der Waals surface area contributed by atoms with Crippen molar-refractivity contribution in [3.8, 4) is 0 Å². The van der Waals surface area contributed by atoms with Crippen LogP contribution in [0.15, 0.2) is 24.3 Å². The molecule has 0 aliphatic rings. The van der Waals surface area contributed by atoms with E-state index in [2.05, 4.69) is 24.3 Å². The highest BCUT2D eigenvalue weighted by Gasteiger charge is 2.13. The van der Waals surface area contributed by atoms with Gasteiger partial charge in [0.05, 0.1) is 23.0 Å². The quantitative estimate of drug-likeness (QED) is 0.0369. The highest BCUT2D eigenvalue weighted by Crippen LogP contribution is 2.34. The Kier molecular flexibility index (Phi) is 27.1. The molecule has 0 aliphatic heterocycles. The van der Waals surface area contributed by atoms with E-state index in [-0.39, 0.29) is 23.0 Å². The minimum atomic E-state index is -3.93.